The zero-order valence-electron chi connectivity index (χ0n) is 11.0. The number of carboxylic acids is 1. The third-order valence-electron chi connectivity index (χ3n) is 2.40. The van der Waals surface area contributed by atoms with Gasteiger partial charge < -0.3 is 14.6 Å². The number of rotatable bonds is 7. The highest BCUT2D eigenvalue weighted by Crippen LogP contribution is 2.30. The molecule has 0 atom stereocenters. The maximum atomic E-state index is 11.0. The Kier molecular flexibility index (Phi) is 6.79. The normalized spacial score (nSPS) is 10.5. The molecule has 0 spiro atoms. The largest absolute Gasteiger partial charge is 0.492 e. The minimum absolute atomic E-state index is 0.279. The molecule has 0 aliphatic carbocycles. The van der Waals surface area contributed by atoms with Crippen molar-refractivity contribution in [2.45, 2.75) is 12.8 Å². The Hall–Kier alpha value is -1.82. The lowest BCUT2D eigenvalue weighted by Crippen LogP contribution is -2.05. The standard InChI is InChI=1S/C14H15BrO5/c1-19-13(18)6-3-9-20-14-10(7-8-12(16)17)4-2-5-11(14)15/h2,4-5,7-8H,3,6,9H2,1H3,(H,16,17). The molecule has 0 radical (unpaired) electrons. The minimum atomic E-state index is -1.03. The Balaban J connectivity index is 2.68. The fourth-order valence-electron chi connectivity index (χ4n) is 1.46. The van der Waals surface area contributed by atoms with Gasteiger partial charge in [-0.2, -0.15) is 0 Å². The second kappa shape index (κ2) is 8.37. The molecular weight excluding hydrogens is 328 g/mol. The number of esters is 1. The monoisotopic (exact) mass is 342 g/mol. The number of hydrogen-bond donors (Lipinski definition) is 1. The fourth-order valence-corrected chi connectivity index (χ4v) is 1.96. The van der Waals surface area contributed by atoms with Gasteiger partial charge in [0.15, 0.2) is 0 Å². The molecule has 0 aliphatic rings. The number of para-hydroxylation sites is 1. The quantitative estimate of drug-likeness (QED) is 0.468. The Bertz CT molecular complexity index is 510. The molecule has 108 valence electrons. The van der Waals surface area contributed by atoms with Crippen LogP contribution in [0, 0.1) is 0 Å². The van der Waals surface area contributed by atoms with Crippen LogP contribution in [0.3, 0.4) is 0 Å². The molecule has 6 heteroatoms. The molecule has 0 saturated heterocycles. The van der Waals surface area contributed by atoms with Crippen LogP contribution in [0.4, 0.5) is 0 Å². The van der Waals surface area contributed by atoms with Crippen LogP contribution in [-0.4, -0.2) is 30.8 Å². The summed E-state index contributed by atoms with van der Waals surface area (Å²) >= 11 is 3.35. The third-order valence-corrected chi connectivity index (χ3v) is 3.03. The summed E-state index contributed by atoms with van der Waals surface area (Å²) in [6.07, 6.45) is 3.31. The molecule has 0 fully saturated rings. The Labute approximate surface area is 125 Å². The van der Waals surface area contributed by atoms with Crippen molar-refractivity contribution in [1.82, 2.24) is 0 Å². The molecule has 0 bridgehead atoms. The first kappa shape index (κ1) is 16.2. The highest BCUT2D eigenvalue weighted by molar-refractivity contribution is 9.10. The fraction of sp³-hybridized carbons (Fsp3) is 0.286. The maximum Gasteiger partial charge on any atom is 0.328 e. The lowest BCUT2D eigenvalue weighted by atomic mass is 10.2. The van der Waals surface area contributed by atoms with Crippen LogP contribution in [0.2, 0.25) is 0 Å². The first-order valence-corrected chi connectivity index (χ1v) is 6.73. The molecule has 0 aliphatic heterocycles. The van der Waals surface area contributed by atoms with Crippen LogP contribution < -0.4 is 4.74 Å². The second-order valence-electron chi connectivity index (χ2n) is 3.86. The predicted molar refractivity (Wildman–Crippen MR) is 77.6 cm³/mol. The number of carbonyl (C=O) groups is 2. The van der Waals surface area contributed by atoms with E-state index in [4.69, 9.17) is 9.84 Å². The van der Waals surface area contributed by atoms with Crippen molar-refractivity contribution in [3.63, 3.8) is 0 Å². The first-order chi connectivity index (χ1) is 9.54. The number of ether oxygens (including phenoxy) is 2. The predicted octanol–water partition coefficient (Wildman–Crippen LogP) is 2.88. The molecule has 0 unspecified atom stereocenters. The van der Waals surface area contributed by atoms with E-state index >= 15 is 0 Å². The third kappa shape index (κ3) is 5.44. The van der Waals surface area contributed by atoms with E-state index in [9.17, 15) is 9.59 Å². The van der Waals surface area contributed by atoms with Gasteiger partial charge in [0.2, 0.25) is 0 Å². The van der Waals surface area contributed by atoms with Crippen LogP contribution in [0.1, 0.15) is 18.4 Å². The lowest BCUT2D eigenvalue weighted by molar-refractivity contribution is -0.140. The number of halogens is 1. The number of benzene rings is 1. The number of aliphatic carboxylic acids is 1. The van der Waals surface area contributed by atoms with Gasteiger partial charge in [-0.25, -0.2) is 4.79 Å². The van der Waals surface area contributed by atoms with E-state index in [1.165, 1.54) is 13.2 Å². The summed E-state index contributed by atoms with van der Waals surface area (Å²) < 4.78 is 10.9. The number of carboxylic acid groups (broad SMARTS) is 1. The van der Waals surface area contributed by atoms with Crippen molar-refractivity contribution in [2.24, 2.45) is 0 Å². The highest BCUT2D eigenvalue weighted by atomic mass is 79.9. The SMILES string of the molecule is COC(=O)CCCOc1c(Br)cccc1C=CC(=O)O. The van der Waals surface area contributed by atoms with Gasteiger partial charge in [-0.05, 0) is 34.5 Å². The van der Waals surface area contributed by atoms with Gasteiger partial charge in [0.1, 0.15) is 5.75 Å². The van der Waals surface area contributed by atoms with E-state index in [1.807, 2.05) is 0 Å². The molecule has 1 N–H and O–H groups in total. The molecule has 0 amide bonds. The van der Waals surface area contributed by atoms with Crippen LogP contribution in [0.5, 0.6) is 5.75 Å². The van der Waals surface area contributed by atoms with E-state index < -0.39 is 5.97 Å². The van der Waals surface area contributed by atoms with Crippen molar-refractivity contribution in [2.75, 3.05) is 13.7 Å². The summed E-state index contributed by atoms with van der Waals surface area (Å²) in [5, 5.41) is 8.65. The topological polar surface area (TPSA) is 72.8 Å². The second-order valence-corrected chi connectivity index (χ2v) is 4.71. The Morgan fingerprint density at radius 1 is 1.40 bits per heavy atom. The van der Waals surface area contributed by atoms with E-state index in [-0.39, 0.29) is 12.4 Å². The zero-order valence-corrected chi connectivity index (χ0v) is 12.6. The van der Waals surface area contributed by atoms with Gasteiger partial charge in [-0.15, -0.1) is 0 Å². The van der Waals surface area contributed by atoms with Crippen LogP contribution in [-0.2, 0) is 14.3 Å². The number of methoxy groups -OCH3 is 1. The van der Waals surface area contributed by atoms with Crippen molar-refractivity contribution < 1.29 is 24.2 Å². The zero-order chi connectivity index (χ0) is 15.0. The average Bonchev–Trinajstić information content (AvgIpc) is 2.42. The number of hydrogen-bond acceptors (Lipinski definition) is 4. The van der Waals surface area contributed by atoms with Crippen LogP contribution in [0.25, 0.3) is 6.08 Å². The summed E-state index contributed by atoms with van der Waals surface area (Å²) in [4.78, 5) is 21.5. The van der Waals surface area contributed by atoms with Crippen molar-refractivity contribution in [1.29, 1.82) is 0 Å². The summed E-state index contributed by atoms with van der Waals surface area (Å²) in [5.41, 5.74) is 0.653. The van der Waals surface area contributed by atoms with Crippen molar-refractivity contribution in [3.8, 4) is 5.75 Å². The van der Waals surface area contributed by atoms with Gasteiger partial charge in [0, 0.05) is 18.1 Å². The van der Waals surface area contributed by atoms with Gasteiger partial charge in [-0.3, -0.25) is 4.79 Å². The molecule has 0 aromatic heterocycles. The molecule has 20 heavy (non-hydrogen) atoms. The van der Waals surface area contributed by atoms with Gasteiger partial charge >= 0.3 is 11.9 Å². The van der Waals surface area contributed by atoms with Gasteiger partial charge in [-0.1, -0.05) is 12.1 Å². The molecule has 1 aromatic carbocycles. The average molecular weight is 343 g/mol. The van der Waals surface area contributed by atoms with Gasteiger partial charge in [0.25, 0.3) is 0 Å². The van der Waals surface area contributed by atoms with E-state index in [2.05, 4.69) is 20.7 Å². The van der Waals surface area contributed by atoms with Crippen LogP contribution >= 0.6 is 15.9 Å². The molecule has 1 aromatic rings. The summed E-state index contributed by atoms with van der Waals surface area (Å²) in [5.74, 6) is -0.761. The Morgan fingerprint density at radius 3 is 2.80 bits per heavy atom. The number of carbonyl (C=O) groups excluding carboxylic acids is 1. The summed E-state index contributed by atoms with van der Waals surface area (Å²) in [6.45, 7) is 0.339. The summed E-state index contributed by atoms with van der Waals surface area (Å²) in [6, 6.07) is 5.33. The van der Waals surface area contributed by atoms with E-state index in [1.54, 1.807) is 18.2 Å². The highest BCUT2D eigenvalue weighted by Gasteiger charge is 2.07. The first-order valence-electron chi connectivity index (χ1n) is 5.93. The minimum Gasteiger partial charge on any atom is -0.492 e. The lowest BCUT2D eigenvalue weighted by Gasteiger charge is -2.10. The maximum absolute atomic E-state index is 11.0. The molecule has 1 rings (SSSR count). The molecule has 0 saturated carbocycles. The van der Waals surface area contributed by atoms with Crippen LogP contribution in [0.15, 0.2) is 28.7 Å². The van der Waals surface area contributed by atoms with E-state index in [0.29, 0.717) is 24.3 Å². The summed E-state index contributed by atoms with van der Waals surface area (Å²) in [7, 11) is 1.34. The smallest absolute Gasteiger partial charge is 0.328 e. The van der Waals surface area contributed by atoms with E-state index in [0.717, 1.165) is 10.5 Å². The van der Waals surface area contributed by atoms with Crippen molar-refractivity contribution >= 4 is 33.9 Å². The van der Waals surface area contributed by atoms with Gasteiger partial charge in [0.05, 0.1) is 18.2 Å². The molecule has 0 heterocycles. The van der Waals surface area contributed by atoms with Crippen molar-refractivity contribution in [3.05, 3.63) is 34.3 Å². The Morgan fingerprint density at radius 2 is 2.15 bits per heavy atom. The molecular formula is C14H15BrO5. The molecule has 5 nitrogen and oxygen atoms in total.